The minimum atomic E-state index is -3.57. The third kappa shape index (κ3) is 9.53. The van der Waals surface area contributed by atoms with Gasteiger partial charge >= 0.3 is 5.97 Å². The van der Waals surface area contributed by atoms with Gasteiger partial charge in [0, 0.05) is 20.6 Å². The van der Waals surface area contributed by atoms with Crippen LogP contribution in [0.5, 0.6) is 0 Å². The van der Waals surface area contributed by atoms with Crippen LogP contribution in [0.2, 0.25) is 0 Å². The van der Waals surface area contributed by atoms with Crippen LogP contribution in [0.3, 0.4) is 0 Å². The summed E-state index contributed by atoms with van der Waals surface area (Å²) < 4.78 is 29.4. The number of hydrogen-bond acceptors (Lipinski definition) is 5. The van der Waals surface area contributed by atoms with Gasteiger partial charge in [0.25, 0.3) is 0 Å². The van der Waals surface area contributed by atoms with Crippen molar-refractivity contribution in [2.45, 2.75) is 59.0 Å². The van der Waals surface area contributed by atoms with Gasteiger partial charge in [0.15, 0.2) is 15.1 Å². The van der Waals surface area contributed by atoms with Crippen LogP contribution in [0.1, 0.15) is 53.5 Å². The third-order valence-electron chi connectivity index (χ3n) is 3.15. The molecule has 0 heterocycles. The molecule has 1 rings (SSSR count). The molecule has 0 aliphatic heterocycles. The first-order chi connectivity index (χ1) is 10.9. The SMILES string of the molecule is C.CC.CCCC(C(=O)OC)S(=O)(=O)Cc1ccc(NCC)cc1.[B]. The topological polar surface area (TPSA) is 72.5 Å². The van der Waals surface area contributed by atoms with Crippen molar-refractivity contribution in [1.29, 1.82) is 0 Å². The molecule has 0 amide bonds. The summed E-state index contributed by atoms with van der Waals surface area (Å²) in [6.07, 6.45) is 0.892. The van der Waals surface area contributed by atoms with Crippen molar-refractivity contribution in [2.75, 3.05) is 19.0 Å². The number of hydrogen-bond donors (Lipinski definition) is 1. The first-order valence-corrected chi connectivity index (χ1v) is 9.78. The van der Waals surface area contributed by atoms with E-state index in [1.807, 2.05) is 39.8 Å². The van der Waals surface area contributed by atoms with Gasteiger partial charge in [-0.3, -0.25) is 4.79 Å². The van der Waals surface area contributed by atoms with E-state index < -0.39 is 21.1 Å². The minimum absolute atomic E-state index is 0. The predicted octanol–water partition coefficient (Wildman–Crippen LogP) is 3.66. The van der Waals surface area contributed by atoms with E-state index in [4.69, 9.17) is 0 Å². The highest BCUT2D eigenvalue weighted by atomic mass is 32.2. The second kappa shape index (κ2) is 14.8. The fraction of sp³-hybridized carbons (Fsp3) is 0.611. The Morgan fingerprint density at radius 3 is 2.08 bits per heavy atom. The van der Waals surface area contributed by atoms with Gasteiger partial charge in [0.05, 0.1) is 12.9 Å². The maximum atomic E-state index is 12.4. The number of sulfone groups is 1. The molecule has 0 bridgehead atoms. The number of methoxy groups -OCH3 is 1. The monoisotopic (exact) mass is 370 g/mol. The van der Waals surface area contributed by atoms with Gasteiger partial charge in [0.2, 0.25) is 0 Å². The highest BCUT2D eigenvalue weighted by Crippen LogP contribution is 2.18. The third-order valence-corrected chi connectivity index (χ3v) is 5.18. The Hall–Kier alpha value is -1.50. The van der Waals surface area contributed by atoms with Gasteiger partial charge in [-0.05, 0) is 31.0 Å². The lowest BCUT2D eigenvalue weighted by atomic mass is 10.2. The maximum Gasteiger partial charge on any atom is 0.324 e. The van der Waals surface area contributed by atoms with Crippen LogP contribution in [0.25, 0.3) is 0 Å². The van der Waals surface area contributed by atoms with E-state index in [9.17, 15) is 13.2 Å². The zero-order valence-corrected chi connectivity index (χ0v) is 16.2. The molecule has 143 valence electrons. The number of rotatable bonds is 8. The fourth-order valence-electron chi connectivity index (χ4n) is 2.09. The van der Waals surface area contributed by atoms with E-state index in [0.29, 0.717) is 12.0 Å². The van der Waals surface area contributed by atoms with E-state index in [1.54, 1.807) is 12.1 Å². The summed E-state index contributed by atoms with van der Waals surface area (Å²) in [5.74, 6) is -0.833. The summed E-state index contributed by atoms with van der Waals surface area (Å²) in [5.41, 5.74) is 1.61. The number of esters is 1. The average molecular weight is 370 g/mol. The van der Waals surface area contributed by atoms with Crippen LogP contribution in [0, 0.1) is 0 Å². The summed E-state index contributed by atoms with van der Waals surface area (Å²) in [6, 6.07) is 7.19. The molecule has 0 aromatic heterocycles. The zero-order chi connectivity index (χ0) is 17.9. The molecule has 1 unspecified atom stereocenters. The van der Waals surface area contributed by atoms with Crippen molar-refractivity contribution in [1.82, 2.24) is 0 Å². The van der Waals surface area contributed by atoms with Crippen molar-refractivity contribution < 1.29 is 17.9 Å². The van der Waals surface area contributed by atoms with Gasteiger partial charge in [-0.25, -0.2) is 8.42 Å². The predicted molar refractivity (Wildman–Crippen MR) is 108 cm³/mol. The Labute approximate surface area is 156 Å². The Morgan fingerprint density at radius 1 is 1.16 bits per heavy atom. The van der Waals surface area contributed by atoms with Crippen molar-refractivity contribution in [3.63, 3.8) is 0 Å². The summed E-state index contributed by atoms with van der Waals surface area (Å²) in [4.78, 5) is 11.7. The van der Waals surface area contributed by atoms with Crippen molar-refractivity contribution in [3.05, 3.63) is 29.8 Å². The lowest BCUT2D eigenvalue weighted by molar-refractivity contribution is -0.140. The summed E-state index contributed by atoms with van der Waals surface area (Å²) in [6.45, 7) is 8.64. The van der Waals surface area contributed by atoms with E-state index in [1.165, 1.54) is 7.11 Å². The second-order valence-corrected chi connectivity index (χ2v) is 7.02. The van der Waals surface area contributed by atoms with E-state index in [2.05, 4.69) is 10.1 Å². The molecule has 1 N–H and O–H groups in total. The van der Waals surface area contributed by atoms with Gasteiger partial charge in [0.1, 0.15) is 0 Å². The van der Waals surface area contributed by atoms with E-state index in [-0.39, 0.29) is 28.0 Å². The molecule has 5 nitrogen and oxygen atoms in total. The molecule has 1 aromatic carbocycles. The molecule has 7 heteroatoms. The molecule has 1 aromatic rings. The summed E-state index contributed by atoms with van der Waals surface area (Å²) >= 11 is 0. The molecule has 3 radical (unpaired) electrons. The van der Waals surface area contributed by atoms with Gasteiger partial charge < -0.3 is 10.1 Å². The van der Waals surface area contributed by atoms with Crippen LogP contribution in [-0.2, 0) is 25.1 Å². The number of anilines is 1. The fourth-order valence-corrected chi connectivity index (χ4v) is 3.94. The normalized spacial score (nSPS) is 10.9. The lowest BCUT2D eigenvalue weighted by Crippen LogP contribution is -2.32. The van der Waals surface area contributed by atoms with Crippen LogP contribution in [0.4, 0.5) is 5.69 Å². The number of carbonyl (C=O) groups is 1. The van der Waals surface area contributed by atoms with Gasteiger partial charge in [-0.1, -0.05) is 46.8 Å². The van der Waals surface area contributed by atoms with Crippen molar-refractivity contribution in [3.8, 4) is 0 Å². The van der Waals surface area contributed by atoms with Gasteiger partial charge in [-0.15, -0.1) is 0 Å². The highest BCUT2D eigenvalue weighted by molar-refractivity contribution is 7.92. The van der Waals surface area contributed by atoms with Gasteiger partial charge in [-0.2, -0.15) is 0 Å². The molecular formula is C18H33BNO4S. The lowest BCUT2D eigenvalue weighted by Gasteiger charge is -2.15. The second-order valence-electron chi connectivity index (χ2n) is 4.83. The molecule has 0 aliphatic rings. The number of ether oxygens (including phenoxy) is 1. The van der Waals surface area contributed by atoms with E-state index >= 15 is 0 Å². The number of carbonyl (C=O) groups excluding carboxylic acids is 1. The van der Waals surface area contributed by atoms with E-state index in [0.717, 1.165) is 12.2 Å². The molecule has 0 saturated carbocycles. The first kappa shape index (κ1) is 28.3. The summed E-state index contributed by atoms with van der Waals surface area (Å²) in [5, 5.41) is 2.06. The number of nitrogens with one attached hydrogen (secondary N) is 1. The molecule has 25 heavy (non-hydrogen) atoms. The molecular weight excluding hydrogens is 337 g/mol. The quantitative estimate of drug-likeness (QED) is 0.559. The molecule has 1 atom stereocenters. The van der Waals surface area contributed by atoms with Crippen LogP contribution < -0.4 is 5.32 Å². The largest absolute Gasteiger partial charge is 0.468 e. The Bertz CT molecular complexity index is 559. The maximum absolute atomic E-state index is 12.4. The summed E-state index contributed by atoms with van der Waals surface area (Å²) in [7, 11) is -2.35. The number of benzene rings is 1. The minimum Gasteiger partial charge on any atom is -0.468 e. The molecule has 0 fully saturated rings. The van der Waals surface area contributed by atoms with Crippen LogP contribution in [0.15, 0.2) is 24.3 Å². The molecule has 0 aliphatic carbocycles. The highest BCUT2D eigenvalue weighted by Gasteiger charge is 2.32. The van der Waals surface area contributed by atoms with Crippen molar-refractivity contribution in [2.24, 2.45) is 0 Å². The first-order valence-electron chi connectivity index (χ1n) is 8.06. The Kier molecular flexibility index (Phi) is 16.8. The van der Waals surface area contributed by atoms with Crippen LogP contribution in [-0.4, -0.2) is 41.7 Å². The standard InChI is InChI=1S/C15H23NO4S.C2H6.CH4.B/c1-4-6-14(15(17)20-3)21(18,19)11-12-7-9-13(10-8-12)16-5-2;1-2;;/h7-10,14,16H,4-6,11H2,1-3H3;1-2H3;1H4;. The average Bonchev–Trinajstić information content (AvgIpc) is 2.55. The smallest absolute Gasteiger partial charge is 0.324 e. The zero-order valence-electron chi connectivity index (χ0n) is 15.3. The molecule has 0 spiro atoms. The Morgan fingerprint density at radius 2 is 1.68 bits per heavy atom. The van der Waals surface area contributed by atoms with Crippen molar-refractivity contribution >= 4 is 29.9 Å². The molecule has 0 saturated heterocycles. The Balaban J connectivity index is -0.00000116. The van der Waals surface area contributed by atoms with Crippen LogP contribution >= 0.6 is 0 Å².